The lowest BCUT2D eigenvalue weighted by Gasteiger charge is -2.19. The maximum Gasteiger partial charge on any atom is 0.311 e. The van der Waals surface area contributed by atoms with Crippen molar-refractivity contribution in [1.29, 1.82) is 0 Å². The Balaban J connectivity index is 1.70. The molecule has 31 heavy (non-hydrogen) atoms. The van der Waals surface area contributed by atoms with E-state index in [-0.39, 0.29) is 22.6 Å². The summed E-state index contributed by atoms with van der Waals surface area (Å²) >= 11 is 5.83. The number of aromatic nitrogens is 2. The van der Waals surface area contributed by atoms with Gasteiger partial charge >= 0.3 is 5.69 Å². The van der Waals surface area contributed by atoms with Crippen LogP contribution in [-0.4, -0.2) is 32.2 Å². The third-order valence-corrected chi connectivity index (χ3v) is 5.53. The average Bonchev–Trinajstić information content (AvgIpc) is 2.94. The second-order valence-electron chi connectivity index (χ2n) is 7.48. The van der Waals surface area contributed by atoms with E-state index in [2.05, 4.69) is 15.3 Å². The number of nitro groups is 1. The second kappa shape index (κ2) is 8.99. The number of nitro benzene ring substituents is 1. The molecule has 1 aliphatic carbocycles. The monoisotopic (exact) mass is 446 g/mol. The van der Waals surface area contributed by atoms with E-state index in [1.165, 1.54) is 36.7 Å². The molecule has 0 aliphatic heterocycles. The molecule has 162 valence electrons. The molecule has 3 aromatic rings. The molecule has 4 rings (SSSR count). The summed E-state index contributed by atoms with van der Waals surface area (Å²) in [4.78, 5) is 19.6. The Morgan fingerprint density at radius 2 is 2.03 bits per heavy atom. The van der Waals surface area contributed by atoms with Crippen molar-refractivity contribution in [2.75, 3.05) is 5.32 Å². The van der Waals surface area contributed by atoms with Crippen molar-refractivity contribution in [2.45, 2.75) is 44.3 Å². The molecule has 10 heteroatoms. The van der Waals surface area contributed by atoms with Gasteiger partial charge in [0.05, 0.1) is 27.0 Å². The molecule has 1 heterocycles. The Kier molecular flexibility index (Phi) is 6.15. The minimum Gasteiger partial charge on any atom is -0.483 e. The van der Waals surface area contributed by atoms with E-state index < -0.39 is 16.8 Å². The standard InChI is InChI=1S/C21H20ClFN4O4/c22-16-7-12(5-6-17(16)23)26-21-15-9-19(27(29)30)20(10-18(15)24-11-25-21)31-14-4-2-1-3-13(28)8-14/h5-7,9-11,13-14,28H,1-4,8H2,(H,24,25,26). The SMILES string of the molecule is O=[N+]([O-])c1cc2c(Nc3ccc(F)c(Cl)c3)ncnc2cc1OC1CCCCC(O)C1. The molecule has 0 amide bonds. The molecule has 2 unspecified atom stereocenters. The maximum atomic E-state index is 13.4. The van der Waals surface area contributed by atoms with Crippen LogP contribution < -0.4 is 10.1 Å². The Bertz CT molecular complexity index is 1130. The molecule has 1 aromatic heterocycles. The van der Waals surface area contributed by atoms with Crippen LogP contribution in [0.4, 0.5) is 21.6 Å². The van der Waals surface area contributed by atoms with Crippen molar-refractivity contribution in [3.63, 3.8) is 0 Å². The number of nitrogens with zero attached hydrogens (tertiary/aromatic N) is 3. The fraction of sp³-hybridized carbons (Fsp3) is 0.333. The molecule has 1 aliphatic rings. The van der Waals surface area contributed by atoms with Gasteiger partial charge in [-0.25, -0.2) is 14.4 Å². The van der Waals surface area contributed by atoms with Crippen LogP contribution in [0.15, 0.2) is 36.7 Å². The van der Waals surface area contributed by atoms with E-state index in [9.17, 15) is 19.6 Å². The quantitative estimate of drug-likeness (QED) is 0.317. The van der Waals surface area contributed by atoms with Crippen LogP contribution in [-0.2, 0) is 0 Å². The predicted octanol–water partition coefficient (Wildman–Crippen LogP) is 5.15. The van der Waals surface area contributed by atoms with E-state index >= 15 is 0 Å². The fourth-order valence-corrected chi connectivity index (χ4v) is 3.88. The van der Waals surface area contributed by atoms with Gasteiger partial charge in [0.2, 0.25) is 0 Å². The Hall–Kier alpha value is -3.04. The van der Waals surface area contributed by atoms with Crippen molar-refractivity contribution in [3.05, 3.63) is 57.6 Å². The van der Waals surface area contributed by atoms with Crippen LogP contribution in [0.1, 0.15) is 32.1 Å². The van der Waals surface area contributed by atoms with Gasteiger partial charge in [-0.2, -0.15) is 0 Å². The number of nitrogens with one attached hydrogen (secondary N) is 1. The zero-order valence-electron chi connectivity index (χ0n) is 16.4. The molecule has 0 saturated heterocycles. The third-order valence-electron chi connectivity index (χ3n) is 5.24. The minimum absolute atomic E-state index is 0.0596. The molecule has 2 N–H and O–H groups in total. The normalized spacial score (nSPS) is 19.1. The number of ether oxygens (including phenoxy) is 1. The van der Waals surface area contributed by atoms with Crippen molar-refractivity contribution in [3.8, 4) is 5.75 Å². The maximum absolute atomic E-state index is 13.4. The van der Waals surface area contributed by atoms with E-state index in [1.54, 1.807) is 0 Å². The Labute approximate surface area is 182 Å². The molecule has 2 atom stereocenters. The average molecular weight is 447 g/mol. The summed E-state index contributed by atoms with van der Waals surface area (Å²) in [7, 11) is 0. The zero-order chi connectivity index (χ0) is 22.0. The van der Waals surface area contributed by atoms with E-state index in [0.717, 1.165) is 12.8 Å². The van der Waals surface area contributed by atoms with Gasteiger partial charge in [-0.05, 0) is 37.5 Å². The summed E-state index contributed by atoms with van der Waals surface area (Å²) < 4.78 is 19.4. The highest BCUT2D eigenvalue weighted by molar-refractivity contribution is 6.31. The summed E-state index contributed by atoms with van der Waals surface area (Å²) in [6.45, 7) is 0. The lowest BCUT2D eigenvalue weighted by molar-refractivity contribution is -0.386. The number of anilines is 2. The number of aliphatic hydroxyl groups is 1. The highest BCUT2D eigenvalue weighted by atomic mass is 35.5. The molecule has 1 fully saturated rings. The van der Waals surface area contributed by atoms with Crippen molar-refractivity contribution in [2.24, 2.45) is 0 Å². The highest BCUT2D eigenvalue weighted by Gasteiger charge is 2.25. The van der Waals surface area contributed by atoms with Crippen LogP contribution in [0.25, 0.3) is 10.9 Å². The second-order valence-corrected chi connectivity index (χ2v) is 7.89. The predicted molar refractivity (Wildman–Crippen MR) is 114 cm³/mol. The first kappa shape index (κ1) is 21.2. The first-order valence-corrected chi connectivity index (χ1v) is 10.3. The summed E-state index contributed by atoms with van der Waals surface area (Å²) in [5.41, 5.74) is 0.698. The molecule has 0 bridgehead atoms. The molecule has 0 radical (unpaired) electrons. The smallest absolute Gasteiger partial charge is 0.311 e. The van der Waals surface area contributed by atoms with Gasteiger partial charge in [-0.15, -0.1) is 0 Å². The van der Waals surface area contributed by atoms with Crippen LogP contribution in [0.3, 0.4) is 0 Å². The van der Waals surface area contributed by atoms with Crippen molar-refractivity contribution < 1.29 is 19.2 Å². The van der Waals surface area contributed by atoms with Gasteiger partial charge in [-0.3, -0.25) is 10.1 Å². The number of benzene rings is 2. The van der Waals surface area contributed by atoms with Gasteiger partial charge in [0, 0.05) is 24.2 Å². The van der Waals surface area contributed by atoms with Gasteiger partial charge in [0.1, 0.15) is 24.1 Å². The number of aliphatic hydroxyl groups excluding tert-OH is 1. The fourth-order valence-electron chi connectivity index (χ4n) is 3.70. The van der Waals surface area contributed by atoms with Gasteiger partial charge in [-0.1, -0.05) is 18.0 Å². The number of fused-ring (bicyclic) bond motifs is 1. The molecular formula is C21H20ClFN4O4. The largest absolute Gasteiger partial charge is 0.483 e. The van der Waals surface area contributed by atoms with Crippen LogP contribution >= 0.6 is 11.6 Å². The van der Waals surface area contributed by atoms with Gasteiger partial charge in [0.15, 0.2) is 5.75 Å². The third kappa shape index (κ3) is 4.83. The first-order chi connectivity index (χ1) is 14.9. The van der Waals surface area contributed by atoms with Crippen LogP contribution in [0, 0.1) is 15.9 Å². The summed E-state index contributed by atoms with van der Waals surface area (Å²) in [5.74, 6) is -0.140. The van der Waals surface area contributed by atoms with Crippen molar-refractivity contribution >= 4 is 39.7 Å². The summed E-state index contributed by atoms with van der Waals surface area (Å²) in [5, 5.41) is 25.1. The molecule has 8 nitrogen and oxygen atoms in total. The number of halogens is 2. The lowest BCUT2D eigenvalue weighted by atomic mass is 10.1. The molecule has 2 aromatic carbocycles. The van der Waals surface area contributed by atoms with E-state index in [1.807, 2.05) is 0 Å². The van der Waals surface area contributed by atoms with Crippen LogP contribution in [0.2, 0.25) is 5.02 Å². The topological polar surface area (TPSA) is 110 Å². The lowest BCUT2D eigenvalue weighted by Crippen LogP contribution is -2.21. The summed E-state index contributed by atoms with van der Waals surface area (Å²) in [6.07, 6.45) is 4.17. The number of rotatable bonds is 5. The molecule has 0 spiro atoms. The number of hydrogen-bond donors (Lipinski definition) is 2. The Morgan fingerprint density at radius 1 is 1.23 bits per heavy atom. The van der Waals surface area contributed by atoms with E-state index in [4.69, 9.17) is 16.3 Å². The summed E-state index contributed by atoms with van der Waals surface area (Å²) in [6, 6.07) is 6.95. The number of hydrogen-bond acceptors (Lipinski definition) is 7. The van der Waals surface area contributed by atoms with E-state index in [0.29, 0.717) is 41.7 Å². The first-order valence-electron chi connectivity index (χ1n) is 9.90. The molecular weight excluding hydrogens is 427 g/mol. The van der Waals surface area contributed by atoms with Gasteiger partial charge < -0.3 is 15.2 Å². The minimum atomic E-state index is -0.555. The van der Waals surface area contributed by atoms with Crippen LogP contribution in [0.5, 0.6) is 5.75 Å². The Morgan fingerprint density at radius 3 is 2.81 bits per heavy atom. The van der Waals surface area contributed by atoms with Gasteiger partial charge in [0.25, 0.3) is 0 Å². The van der Waals surface area contributed by atoms with Crippen molar-refractivity contribution in [1.82, 2.24) is 9.97 Å². The zero-order valence-corrected chi connectivity index (χ0v) is 17.2. The highest BCUT2D eigenvalue weighted by Crippen LogP contribution is 2.36. The molecule has 1 saturated carbocycles.